The van der Waals surface area contributed by atoms with E-state index in [-0.39, 0.29) is 25.4 Å². The molecule has 0 unspecified atom stereocenters. The fraction of sp³-hybridized carbons (Fsp3) is 0.606. The van der Waals surface area contributed by atoms with Crippen LogP contribution < -0.4 is 20.7 Å². The quantitative estimate of drug-likeness (QED) is 0.329. The van der Waals surface area contributed by atoms with Crippen molar-refractivity contribution in [3.63, 3.8) is 0 Å². The highest BCUT2D eigenvalue weighted by molar-refractivity contribution is 7.91. The first-order valence-electron chi connectivity index (χ1n) is 16.7. The van der Waals surface area contributed by atoms with Crippen LogP contribution in [-0.2, 0) is 29.1 Å². The molecule has 1 aromatic carbocycles. The molecule has 48 heavy (non-hydrogen) atoms. The highest BCUT2D eigenvalue weighted by atomic mass is 32.2. The molecule has 2 saturated carbocycles. The number of hydrogen-bond donors (Lipinski definition) is 4. The minimum Gasteiger partial charge on any atom is -0.444 e. The van der Waals surface area contributed by atoms with Gasteiger partial charge in [-0.05, 0) is 77.8 Å². The van der Waals surface area contributed by atoms with E-state index in [0.29, 0.717) is 43.2 Å². The molecular formula is C33H44N6O8S. The average Bonchev–Trinajstić information content (AvgIpc) is 3.89. The molecule has 3 heterocycles. The molecule has 4 N–H and O–H groups in total. The lowest BCUT2D eigenvalue weighted by Crippen LogP contribution is -2.58. The lowest BCUT2D eigenvalue weighted by molar-refractivity contribution is -0.141. The van der Waals surface area contributed by atoms with E-state index in [4.69, 9.17) is 9.15 Å². The molecule has 0 bridgehead atoms. The molecule has 260 valence electrons. The standard InChI is InChI=1S/C33H44N6O8S/c1-32(2,3)47-31(43)36-24-13-8-6-4-5-7-11-20-18-33(20,29(42)38-48(44,45)22-15-16-22)37-27(40)25-17-21(19-39(25)28(24)41)34-30-35-23-12-9-10-14-26(23)46-30/h7,9-12,14,20-22,24-25H,4-6,8,13,15-19H2,1-3H3,(H,34,35)(H,36,43)(H,37,40)(H,38,42)/t20-,21-,24-,25+,33-/m1/s1. The number of rotatable bonds is 6. The van der Waals surface area contributed by atoms with Crippen LogP contribution >= 0.6 is 0 Å². The molecule has 15 heteroatoms. The van der Waals surface area contributed by atoms with Gasteiger partial charge in [-0.2, -0.15) is 4.98 Å². The van der Waals surface area contributed by atoms with Crippen LogP contribution in [0, 0.1) is 5.92 Å². The van der Waals surface area contributed by atoms with Crippen molar-refractivity contribution >= 4 is 51.0 Å². The summed E-state index contributed by atoms with van der Waals surface area (Å²) in [5.41, 5.74) is -1.03. The van der Waals surface area contributed by atoms with Crippen LogP contribution in [0.25, 0.3) is 11.1 Å². The van der Waals surface area contributed by atoms with Crippen molar-refractivity contribution in [1.29, 1.82) is 0 Å². The van der Waals surface area contributed by atoms with Gasteiger partial charge >= 0.3 is 6.09 Å². The highest BCUT2D eigenvalue weighted by Gasteiger charge is 2.62. The fourth-order valence-corrected chi connectivity index (χ4v) is 7.83. The molecule has 0 spiro atoms. The number of ether oxygens (including phenoxy) is 1. The second-order valence-electron chi connectivity index (χ2n) is 14.3. The van der Waals surface area contributed by atoms with Crippen LogP contribution in [0.3, 0.4) is 0 Å². The van der Waals surface area contributed by atoms with Crippen LogP contribution in [0.5, 0.6) is 0 Å². The van der Waals surface area contributed by atoms with Gasteiger partial charge in [0.15, 0.2) is 5.58 Å². The summed E-state index contributed by atoms with van der Waals surface area (Å²) < 4.78 is 39.0. The largest absolute Gasteiger partial charge is 0.444 e. The highest BCUT2D eigenvalue weighted by Crippen LogP contribution is 2.46. The van der Waals surface area contributed by atoms with Gasteiger partial charge in [-0.1, -0.05) is 37.1 Å². The van der Waals surface area contributed by atoms with Crippen LogP contribution in [0.15, 0.2) is 40.8 Å². The van der Waals surface area contributed by atoms with Crippen LogP contribution in [-0.4, -0.2) is 83.2 Å². The zero-order valence-corrected chi connectivity index (χ0v) is 28.3. The Balaban J connectivity index is 1.28. The van der Waals surface area contributed by atoms with E-state index in [1.807, 2.05) is 24.3 Å². The van der Waals surface area contributed by atoms with Crippen LogP contribution in [0.2, 0.25) is 0 Å². The molecule has 1 aromatic heterocycles. The first kappa shape index (κ1) is 33.7. The Hall–Kier alpha value is -4.14. The number of fused-ring (bicyclic) bond motifs is 3. The van der Waals surface area contributed by atoms with Crippen molar-refractivity contribution < 1.29 is 36.7 Å². The summed E-state index contributed by atoms with van der Waals surface area (Å²) in [4.78, 5) is 60.7. The lowest BCUT2D eigenvalue weighted by atomic mass is 10.0. The Labute approximate surface area is 279 Å². The number of carbonyl (C=O) groups is 4. The van der Waals surface area contributed by atoms with E-state index < -0.39 is 74.3 Å². The average molecular weight is 685 g/mol. The molecule has 1 saturated heterocycles. The Morgan fingerprint density at radius 2 is 1.88 bits per heavy atom. The molecule has 0 radical (unpaired) electrons. The number of benzene rings is 1. The molecular weight excluding hydrogens is 640 g/mol. The number of sulfonamides is 1. The second-order valence-corrected chi connectivity index (χ2v) is 16.2. The predicted octanol–water partition coefficient (Wildman–Crippen LogP) is 3.11. The van der Waals surface area contributed by atoms with Crippen molar-refractivity contribution in [2.24, 2.45) is 5.92 Å². The monoisotopic (exact) mass is 684 g/mol. The van der Waals surface area contributed by atoms with Crippen molar-refractivity contribution in [2.75, 3.05) is 11.9 Å². The summed E-state index contributed by atoms with van der Waals surface area (Å²) in [5, 5.41) is 8.19. The molecule has 6 rings (SSSR count). The van der Waals surface area contributed by atoms with Gasteiger partial charge in [0, 0.05) is 12.5 Å². The third kappa shape index (κ3) is 7.61. The zero-order valence-electron chi connectivity index (χ0n) is 27.5. The van der Waals surface area contributed by atoms with Gasteiger partial charge in [-0.15, -0.1) is 0 Å². The first-order valence-corrected chi connectivity index (χ1v) is 18.3. The molecule has 4 aliphatic rings. The van der Waals surface area contributed by atoms with Crippen molar-refractivity contribution in [1.82, 2.24) is 25.2 Å². The first-order chi connectivity index (χ1) is 22.7. The predicted molar refractivity (Wildman–Crippen MR) is 176 cm³/mol. The van der Waals surface area contributed by atoms with E-state index in [2.05, 4.69) is 25.7 Å². The number of nitrogens with one attached hydrogen (secondary N) is 4. The Morgan fingerprint density at radius 3 is 2.60 bits per heavy atom. The van der Waals surface area contributed by atoms with Gasteiger partial charge in [0.1, 0.15) is 28.7 Å². The molecule has 2 aliphatic heterocycles. The van der Waals surface area contributed by atoms with Crippen molar-refractivity contribution in [2.45, 2.75) is 113 Å². The van der Waals surface area contributed by atoms with Gasteiger partial charge in [-0.3, -0.25) is 19.1 Å². The van der Waals surface area contributed by atoms with Gasteiger partial charge < -0.3 is 30.0 Å². The molecule has 2 aromatic rings. The minimum atomic E-state index is -3.86. The minimum absolute atomic E-state index is 0.0841. The van der Waals surface area contributed by atoms with Gasteiger partial charge in [0.2, 0.25) is 21.8 Å². The summed E-state index contributed by atoms with van der Waals surface area (Å²) in [6, 6.07) is 5.01. The SMILES string of the molecule is CC(C)(C)OC(=O)N[C@@H]1CCCCCC=C[C@@H]2C[C@@]2(C(=O)NS(=O)(=O)C2CC2)NC(=O)[C@@H]2C[C@@H](Nc3nc4ccccc4o3)CN2C1=O. The number of hydrogen-bond acceptors (Lipinski definition) is 10. The number of aromatic nitrogens is 1. The maximum atomic E-state index is 14.3. The fourth-order valence-electron chi connectivity index (χ4n) is 6.46. The third-order valence-electron chi connectivity index (χ3n) is 9.19. The number of nitrogens with zero attached hydrogens (tertiary/aromatic N) is 2. The van der Waals surface area contributed by atoms with Crippen LogP contribution in [0.1, 0.15) is 78.6 Å². The maximum Gasteiger partial charge on any atom is 0.408 e. The number of oxazole rings is 1. The zero-order chi connectivity index (χ0) is 34.3. The third-order valence-corrected chi connectivity index (χ3v) is 11.0. The summed E-state index contributed by atoms with van der Waals surface area (Å²) >= 11 is 0. The molecule has 14 nitrogen and oxygen atoms in total. The lowest BCUT2D eigenvalue weighted by Gasteiger charge is -2.30. The number of carbonyl (C=O) groups excluding carboxylic acids is 4. The molecule has 5 atom stereocenters. The van der Waals surface area contributed by atoms with Gasteiger partial charge in [-0.25, -0.2) is 13.2 Å². The van der Waals surface area contributed by atoms with E-state index in [0.717, 1.165) is 12.8 Å². The van der Waals surface area contributed by atoms with Gasteiger partial charge in [0.25, 0.3) is 11.9 Å². The van der Waals surface area contributed by atoms with E-state index >= 15 is 0 Å². The van der Waals surface area contributed by atoms with Crippen molar-refractivity contribution in [3.05, 3.63) is 36.4 Å². The molecule has 2 aliphatic carbocycles. The Bertz CT molecular complexity index is 1680. The van der Waals surface area contributed by atoms with E-state index in [1.165, 1.54) is 4.90 Å². The van der Waals surface area contributed by atoms with Crippen molar-refractivity contribution in [3.8, 4) is 0 Å². The molecule has 4 amide bonds. The summed E-state index contributed by atoms with van der Waals surface area (Å²) in [6.45, 7) is 5.28. The summed E-state index contributed by atoms with van der Waals surface area (Å²) in [5.74, 6) is -2.23. The number of alkyl carbamates (subject to hydrolysis) is 1. The number of anilines is 1. The second kappa shape index (κ2) is 13.1. The summed E-state index contributed by atoms with van der Waals surface area (Å²) in [6.07, 6.45) is 7.70. The number of amides is 4. The normalized spacial score (nSPS) is 28.4. The number of para-hydroxylation sites is 2. The van der Waals surface area contributed by atoms with E-state index in [9.17, 15) is 27.6 Å². The van der Waals surface area contributed by atoms with Gasteiger partial charge in [0.05, 0.1) is 11.3 Å². The molecule has 3 fully saturated rings. The Kier molecular flexibility index (Phi) is 9.18. The smallest absolute Gasteiger partial charge is 0.408 e. The topological polar surface area (TPSA) is 189 Å². The van der Waals surface area contributed by atoms with E-state index in [1.54, 1.807) is 32.9 Å². The number of allylic oxidation sites excluding steroid dienone is 1. The van der Waals surface area contributed by atoms with Crippen LogP contribution in [0.4, 0.5) is 10.8 Å². The maximum absolute atomic E-state index is 14.3. The Morgan fingerprint density at radius 1 is 1.10 bits per heavy atom. The summed E-state index contributed by atoms with van der Waals surface area (Å²) in [7, 11) is -3.86.